The summed E-state index contributed by atoms with van der Waals surface area (Å²) < 4.78 is 49.5. The Kier molecular flexibility index (Phi) is 8.90. The van der Waals surface area contributed by atoms with Crippen molar-refractivity contribution in [2.24, 2.45) is 5.92 Å². The van der Waals surface area contributed by atoms with E-state index in [2.05, 4.69) is 19.1 Å². The molecule has 0 bridgehead atoms. The van der Waals surface area contributed by atoms with Crippen LogP contribution >= 0.6 is 0 Å². The first kappa shape index (κ1) is 26.1. The fourth-order valence-corrected chi connectivity index (χ4v) is 5.22. The molecule has 0 aliphatic heterocycles. The first-order chi connectivity index (χ1) is 17.5. The molecule has 0 saturated heterocycles. The predicted molar refractivity (Wildman–Crippen MR) is 142 cm³/mol. The zero-order valence-corrected chi connectivity index (χ0v) is 21.2. The lowest BCUT2D eigenvalue weighted by atomic mass is 9.77. The van der Waals surface area contributed by atoms with Gasteiger partial charge in [0, 0.05) is 5.56 Å². The van der Waals surface area contributed by atoms with Gasteiger partial charge in [-0.25, -0.2) is 8.78 Å². The van der Waals surface area contributed by atoms with Gasteiger partial charge in [0.1, 0.15) is 5.82 Å². The fourth-order valence-electron chi connectivity index (χ4n) is 5.22. The smallest absolute Gasteiger partial charge is 0.201 e. The first-order valence-corrected chi connectivity index (χ1v) is 13.1. The van der Waals surface area contributed by atoms with Gasteiger partial charge in [0.05, 0.1) is 6.61 Å². The average Bonchev–Trinajstić information content (AvgIpc) is 2.90. The van der Waals surface area contributed by atoms with Crippen LogP contribution in [0.2, 0.25) is 0 Å². The predicted octanol–water partition coefficient (Wildman–Crippen LogP) is 9.86. The van der Waals surface area contributed by atoms with Gasteiger partial charge >= 0.3 is 0 Å². The van der Waals surface area contributed by atoms with Crippen molar-refractivity contribution in [3.8, 4) is 28.0 Å². The molecule has 4 rings (SSSR count). The summed E-state index contributed by atoms with van der Waals surface area (Å²) in [6, 6.07) is 15.6. The Labute approximate surface area is 213 Å². The zero-order valence-electron chi connectivity index (χ0n) is 21.2. The Hall–Kier alpha value is -3.01. The second kappa shape index (κ2) is 12.3. The van der Waals surface area contributed by atoms with Gasteiger partial charge in [0.15, 0.2) is 11.6 Å². The van der Waals surface area contributed by atoms with Crippen molar-refractivity contribution in [3.63, 3.8) is 0 Å². The average molecular weight is 493 g/mol. The number of benzene rings is 3. The summed E-state index contributed by atoms with van der Waals surface area (Å²) in [5, 5.41) is 0. The number of allylic oxidation sites excluding steroid dienone is 2. The van der Waals surface area contributed by atoms with E-state index in [0.717, 1.165) is 54.7 Å². The van der Waals surface area contributed by atoms with Gasteiger partial charge in [-0.2, -0.15) is 4.39 Å². The molecule has 0 amide bonds. The first-order valence-electron chi connectivity index (χ1n) is 13.1. The Morgan fingerprint density at radius 2 is 1.53 bits per heavy atom. The lowest BCUT2D eigenvalue weighted by Gasteiger charge is -2.29. The van der Waals surface area contributed by atoms with E-state index in [1.807, 2.05) is 31.2 Å². The van der Waals surface area contributed by atoms with Crippen LogP contribution in [-0.2, 0) is 0 Å². The van der Waals surface area contributed by atoms with Gasteiger partial charge in [-0.15, -0.1) is 0 Å². The summed E-state index contributed by atoms with van der Waals surface area (Å²) in [6.45, 7) is 4.29. The van der Waals surface area contributed by atoms with Crippen molar-refractivity contribution < 1.29 is 17.9 Å². The monoisotopic (exact) mass is 492 g/mol. The minimum Gasteiger partial charge on any atom is -0.490 e. The number of hydrogen-bond acceptors (Lipinski definition) is 1. The molecule has 1 saturated carbocycles. The largest absolute Gasteiger partial charge is 0.490 e. The van der Waals surface area contributed by atoms with Crippen molar-refractivity contribution in [2.75, 3.05) is 6.61 Å². The van der Waals surface area contributed by atoms with E-state index in [0.29, 0.717) is 18.6 Å². The van der Waals surface area contributed by atoms with Crippen LogP contribution in [0.5, 0.6) is 5.75 Å². The highest BCUT2D eigenvalue weighted by molar-refractivity contribution is 5.71. The molecule has 0 spiro atoms. The molecule has 0 heterocycles. The lowest BCUT2D eigenvalue weighted by molar-refractivity contribution is 0.295. The quantitative estimate of drug-likeness (QED) is 0.270. The third-order valence-corrected chi connectivity index (χ3v) is 7.30. The van der Waals surface area contributed by atoms with Crippen molar-refractivity contribution in [1.82, 2.24) is 0 Å². The molecule has 0 atom stereocenters. The highest BCUT2D eigenvalue weighted by Crippen LogP contribution is 2.39. The molecule has 1 nitrogen and oxygen atoms in total. The Balaban J connectivity index is 1.44. The van der Waals surface area contributed by atoms with Crippen LogP contribution in [0.3, 0.4) is 0 Å². The van der Waals surface area contributed by atoms with Gasteiger partial charge in [0.2, 0.25) is 5.82 Å². The van der Waals surface area contributed by atoms with E-state index in [4.69, 9.17) is 4.74 Å². The van der Waals surface area contributed by atoms with Gasteiger partial charge in [-0.3, -0.25) is 0 Å². The molecule has 0 aromatic heterocycles. The highest BCUT2D eigenvalue weighted by Gasteiger charge is 2.24. The lowest BCUT2D eigenvalue weighted by Crippen LogP contribution is -2.14. The molecule has 36 heavy (non-hydrogen) atoms. The van der Waals surface area contributed by atoms with Crippen molar-refractivity contribution in [3.05, 3.63) is 89.8 Å². The molecule has 190 valence electrons. The van der Waals surface area contributed by atoms with E-state index in [-0.39, 0.29) is 23.0 Å². The number of ether oxygens (including phenoxy) is 1. The van der Waals surface area contributed by atoms with Crippen LogP contribution < -0.4 is 4.74 Å². The number of rotatable bonds is 9. The van der Waals surface area contributed by atoms with Crippen molar-refractivity contribution in [1.29, 1.82) is 0 Å². The van der Waals surface area contributed by atoms with E-state index < -0.39 is 11.6 Å². The summed E-state index contributed by atoms with van der Waals surface area (Å²) in [5.41, 5.74) is 3.15. The topological polar surface area (TPSA) is 9.23 Å². The Bertz CT molecular complexity index is 1170. The minimum absolute atomic E-state index is 0.0765. The summed E-state index contributed by atoms with van der Waals surface area (Å²) >= 11 is 0. The standard InChI is InChI=1S/C32H35F3O/c1-3-5-6-7-22-8-10-24(11-9-22)27-17-16-26(21-29(27)33)23-12-14-25(15-13-23)28-18-19-30(36-20-4-2)32(35)31(28)34/h3,5,12-19,21-22,24H,4,6-11,20H2,1-2H3. The third-order valence-electron chi connectivity index (χ3n) is 7.30. The maximum absolute atomic E-state index is 15.1. The summed E-state index contributed by atoms with van der Waals surface area (Å²) in [6.07, 6.45) is 11.8. The highest BCUT2D eigenvalue weighted by atomic mass is 19.2. The van der Waals surface area contributed by atoms with E-state index >= 15 is 4.39 Å². The second-order valence-electron chi connectivity index (χ2n) is 9.77. The maximum atomic E-state index is 15.1. The molecule has 3 aromatic rings. The molecule has 0 N–H and O–H groups in total. The van der Waals surface area contributed by atoms with Crippen LogP contribution in [0.15, 0.2) is 66.7 Å². The molecular weight excluding hydrogens is 457 g/mol. The molecule has 1 aliphatic rings. The van der Waals surface area contributed by atoms with Gasteiger partial charge in [-0.05, 0) is 104 Å². The normalized spacial score (nSPS) is 18.0. The molecular formula is C32H35F3O. The molecule has 1 fully saturated rings. The van der Waals surface area contributed by atoms with Crippen LogP contribution in [0, 0.1) is 23.4 Å². The van der Waals surface area contributed by atoms with Crippen LogP contribution in [-0.4, -0.2) is 6.61 Å². The Morgan fingerprint density at radius 1 is 0.833 bits per heavy atom. The van der Waals surface area contributed by atoms with E-state index in [9.17, 15) is 8.78 Å². The van der Waals surface area contributed by atoms with Gasteiger partial charge in [0.25, 0.3) is 0 Å². The van der Waals surface area contributed by atoms with Gasteiger partial charge in [-0.1, -0.05) is 55.5 Å². The number of hydrogen-bond donors (Lipinski definition) is 0. The van der Waals surface area contributed by atoms with E-state index in [1.165, 1.54) is 18.6 Å². The fraction of sp³-hybridized carbons (Fsp3) is 0.375. The SMILES string of the molecule is CC=CCCC1CCC(c2ccc(-c3ccc(-c4ccc(OCCC)c(F)c4F)cc3)cc2F)CC1. The summed E-state index contributed by atoms with van der Waals surface area (Å²) in [7, 11) is 0. The summed E-state index contributed by atoms with van der Waals surface area (Å²) in [4.78, 5) is 0. The molecule has 0 radical (unpaired) electrons. The van der Waals surface area contributed by atoms with Crippen LogP contribution in [0.25, 0.3) is 22.3 Å². The number of halogens is 3. The van der Waals surface area contributed by atoms with Crippen LogP contribution in [0.1, 0.15) is 70.3 Å². The molecule has 1 aliphatic carbocycles. The Morgan fingerprint density at radius 3 is 2.19 bits per heavy atom. The zero-order chi connectivity index (χ0) is 25.5. The molecule has 0 unspecified atom stereocenters. The second-order valence-corrected chi connectivity index (χ2v) is 9.77. The molecule has 4 heteroatoms. The maximum Gasteiger partial charge on any atom is 0.201 e. The minimum atomic E-state index is -0.977. The van der Waals surface area contributed by atoms with Crippen LogP contribution in [0.4, 0.5) is 13.2 Å². The van der Waals surface area contributed by atoms with Crippen molar-refractivity contribution >= 4 is 0 Å². The van der Waals surface area contributed by atoms with Gasteiger partial charge < -0.3 is 4.74 Å². The molecule has 3 aromatic carbocycles. The third kappa shape index (κ3) is 6.03. The van der Waals surface area contributed by atoms with E-state index in [1.54, 1.807) is 18.2 Å². The summed E-state index contributed by atoms with van der Waals surface area (Å²) in [5.74, 6) is -1.12. The van der Waals surface area contributed by atoms with Crippen molar-refractivity contribution in [2.45, 2.75) is 64.7 Å².